The molecular formula is C15H23N. The lowest BCUT2D eigenvalue weighted by Crippen LogP contribution is -2.16. The van der Waals surface area contributed by atoms with Crippen molar-refractivity contribution >= 4 is 6.08 Å². The second-order valence-corrected chi connectivity index (χ2v) is 4.61. The highest BCUT2D eigenvalue weighted by molar-refractivity contribution is 5.58. The maximum absolute atomic E-state index is 3.37. The number of likely N-dealkylation sites (N-methyl/N-ethyl adjacent to an activating group) is 1. The zero-order valence-electron chi connectivity index (χ0n) is 10.3. The van der Waals surface area contributed by atoms with Gasteiger partial charge in [-0.05, 0) is 48.5 Å². The molecule has 1 N–H and O–H groups in total. The van der Waals surface area contributed by atoms with Crippen molar-refractivity contribution < 1.29 is 1.43 Å². The first kappa shape index (κ1) is 11.4. The lowest BCUT2D eigenvalue weighted by atomic mass is 9.87. The van der Waals surface area contributed by atoms with Crippen LogP contribution in [0.15, 0.2) is 24.3 Å². The molecule has 16 heavy (non-hydrogen) atoms. The molecule has 0 fully saturated rings. The minimum atomic E-state index is 0. The van der Waals surface area contributed by atoms with Crippen LogP contribution in [0.3, 0.4) is 0 Å². The van der Waals surface area contributed by atoms with Crippen molar-refractivity contribution in [2.75, 3.05) is 13.1 Å². The number of fused-ring (bicyclic) bond motifs is 1. The van der Waals surface area contributed by atoms with E-state index in [-0.39, 0.29) is 1.43 Å². The van der Waals surface area contributed by atoms with E-state index in [2.05, 4.69) is 49.5 Å². The van der Waals surface area contributed by atoms with E-state index < -0.39 is 0 Å². The van der Waals surface area contributed by atoms with Crippen LogP contribution in [0.25, 0.3) is 6.08 Å². The molecule has 1 atom stereocenters. The number of rotatable bonds is 4. The Morgan fingerprint density at radius 2 is 2.31 bits per heavy atom. The first-order chi connectivity index (χ1) is 7.81. The van der Waals surface area contributed by atoms with Gasteiger partial charge in [-0.3, -0.25) is 0 Å². The van der Waals surface area contributed by atoms with Gasteiger partial charge in [-0.25, -0.2) is 0 Å². The SMILES string of the molecule is CCNCCc1ccc2c(c1)C=CCC2C.[HH]. The zero-order chi connectivity index (χ0) is 11.4. The molecule has 0 saturated carbocycles. The Balaban J connectivity index is 0.00000144. The summed E-state index contributed by atoms with van der Waals surface area (Å²) >= 11 is 0. The predicted octanol–water partition coefficient (Wildman–Crippen LogP) is 3.61. The quantitative estimate of drug-likeness (QED) is 0.760. The van der Waals surface area contributed by atoms with Gasteiger partial charge in [0.15, 0.2) is 0 Å². The van der Waals surface area contributed by atoms with Crippen LogP contribution >= 0.6 is 0 Å². The van der Waals surface area contributed by atoms with Crippen LogP contribution in [0.4, 0.5) is 0 Å². The lowest BCUT2D eigenvalue weighted by molar-refractivity contribution is 0.715. The molecule has 0 aliphatic heterocycles. The van der Waals surface area contributed by atoms with Crippen molar-refractivity contribution in [1.82, 2.24) is 5.32 Å². The minimum Gasteiger partial charge on any atom is -0.317 e. The average Bonchev–Trinajstić information content (AvgIpc) is 2.30. The molecule has 1 unspecified atom stereocenters. The maximum atomic E-state index is 3.37. The fraction of sp³-hybridized carbons (Fsp3) is 0.467. The molecule has 2 rings (SSSR count). The summed E-state index contributed by atoms with van der Waals surface area (Å²) in [6.07, 6.45) is 6.88. The molecular weight excluding hydrogens is 194 g/mol. The Morgan fingerprint density at radius 1 is 1.44 bits per heavy atom. The van der Waals surface area contributed by atoms with Crippen molar-refractivity contribution in [3.8, 4) is 0 Å². The van der Waals surface area contributed by atoms with Gasteiger partial charge >= 0.3 is 0 Å². The van der Waals surface area contributed by atoms with Crippen LogP contribution < -0.4 is 5.32 Å². The molecule has 1 aromatic rings. The topological polar surface area (TPSA) is 12.0 Å². The molecule has 0 heterocycles. The summed E-state index contributed by atoms with van der Waals surface area (Å²) < 4.78 is 0. The van der Waals surface area contributed by atoms with E-state index in [0.717, 1.165) is 19.5 Å². The van der Waals surface area contributed by atoms with E-state index in [1.807, 2.05) is 0 Å². The smallest absolute Gasteiger partial charge is 0 e. The maximum Gasteiger partial charge on any atom is 0 e. The van der Waals surface area contributed by atoms with Crippen LogP contribution in [0.1, 0.15) is 44.3 Å². The average molecular weight is 217 g/mol. The summed E-state index contributed by atoms with van der Waals surface area (Å²) in [5, 5.41) is 3.37. The summed E-state index contributed by atoms with van der Waals surface area (Å²) in [6, 6.07) is 6.94. The third-order valence-corrected chi connectivity index (χ3v) is 3.31. The monoisotopic (exact) mass is 217 g/mol. The van der Waals surface area contributed by atoms with Crippen molar-refractivity contribution in [1.29, 1.82) is 0 Å². The van der Waals surface area contributed by atoms with E-state index in [1.54, 1.807) is 0 Å². The molecule has 1 aliphatic carbocycles. The van der Waals surface area contributed by atoms with Crippen molar-refractivity contribution in [3.05, 3.63) is 41.0 Å². The van der Waals surface area contributed by atoms with E-state index in [1.165, 1.54) is 23.1 Å². The molecule has 0 radical (unpaired) electrons. The van der Waals surface area contributed by atoms with Crippen LogP contribution in [0, 0.1) is 0 Å². The number of nitrogens with one attached hydrogen (secondary N) is 1. The number of benzene rings is 1. The molecule has 1 nitrogen and oxygen atoms in total. The second kappa shape index (κ2) is 5.31. The second-order valence-electron chi connectivity index (χ2n) is 4.61. The van der Waals surface area contributed by atoms with E-state index in [9.17, 15) is 0 Å². The Bertz CT molecular complexity index is 385. The molecule has 0 bridgehead atoms. The Kier molecular flexibility index (Phi) is 3.79. The third-order valence-electron chi connectivity index (χ3n) is 3.31. The van der Waals surface area contributed by atoms with Crippen molar-refractivity contribution in [2.45, 2.75) is 32.6 Å². The van der Waals surface area contributed by atoms with Gasteiger partial charge in [0.05, 0.1) is 0 Å². The Morgan fingerprint density at radius 3 is 3.12 bits per heavy atom. The standard InChI is InChI=1S/C15H21N.H2/c1-3-16-10-9-13-7-8-15-12(2)5-4-6-14(15)11-13;/h4,6-8,11-12,16H,3,5,9-10H2,1-2H3;1H. The number of hydrogen-bond acceptors (Lipinski definition) is 1. The van der Waals surface area contributed by atoms with Crippen molar-refractivity contribution in [3.63, 3.8) is 0 Å². The molecule has 88 valence electrons. The normalized spacial score (nSPS) is 18.5. The van der Waals surface area contributed by atoms with Gasteiger partial charge in [-0.1, -0.05) is 44.2 Å². The van der Waals surface area contributed by atoms with Crippen molar-refractivity contribution in [2.24, 2.45) is 0 Å². The Labute approximate surface area is 100 Å². The third kappa shape index (κ3) is 2.53. The molecule has 0 saturated heterocycles. The fourth-order valence-electron chi connectivity index (χ4n) is 2.31. The fourth-order valence-corrected chi connectivity index (χ4v) is 2.31. The van der Waals surface area contributed by atoms with Gasteiger partial charge in [-0.15, -0.1) is 0 Å². The Hall–Kier alpha value is -1.08. The first-order valence-electron chi connectivity index (χ1n) is 6.31. The van der Waals surface area contributed by atoms with Crippen LogP contribution in [0.2, 0.25) is 0 Å². The highest BCUT2D eigenvalue weighted by Gasteiger charge is 2.12. The predicted molar refractivity (Wildman–Crippen MR) is 72.9 cm³/mol. The zero-order valence-corrected chi connectivity index (χ0v) is 10.3. The molecule has 1 heteroatoms. The first-order valence-corrected chi connectivity index (χ1v) is 6.31. The van der Waals surface area contributed by atoms with E-state index in [0.29, 0.717) is 5.92 Å². The summed E-state index contributed by atoms with van der Waals surface area (Å²) in [5.74, 6) is 0.683. The highest BCUT2D eigenvalue weighted by Crippen LogP contribution is 2.29. The van der Waals surface area contributed by atoms with Gasteiger partial charge in [0.2, 0.25) is 0 Å². The van der Waals surface area contributed by atoms with Gasteiger partial charge in [0.25, 0.3) is 0 Å². The largest absolute Gasteiger partial charge is 0.317 e. The molecule has 0 aromatic heterocycles. The van der Waals surface area contributed by atoms with Crippen LogP contribution in [0.5, 0.6) is 0 Å². The van der Waals surface area contributed by atoms with E-state index in [4.69, 9.17) is 0 Å². The lowest BCUT2D eigenvalue weighted by Gasteiger charge is -2.18. The molecule has 1 aromatic carbocycles. The van der Waals surface area contributed by atoms with Crippen LogP contribution in [-0.4, -0.2) is 13.1 Å². The van der Waals surface area contributed by atoms with Gasteiger partial charge in [0.1, 0.15) is 0 Å². The highest BCUT2D eigenvalue weighted by atomic mass is 14.8. The summed E-state index contributed by atoms with van der Waals surface area (Å²) in [7, 11) is 0. The van der Waals surface area contributed by atoms with Gasteiger partial charge < -0.3 is 5.32 Å². The summed E-state index contributed by atoms with van der Waals surface area (Å²) in [4.78, 5) is 0. The number of hydrogen-bond donors (Lipinski definition) is 1. The molecule has 1 aliphatic rings. The summed E-state index contributed by atoms with van der Waals surface area (Å²) in [5.41, 5.74) is 4.38. The molecule has 0 amide bonds. The minimum absolute atomic E-state index is 0. The van der Waals surface area contributed by atoms with Crippen LogP contribution in [-0.2, 0) is 6.42 Å². The van der Waals surface area contributed by atoms with Gasteiger partial charge in [-0.2, -0.15) is 0 Å². The van der Waals surface area contributed by atoms with E-state index >= 15 is 0 Å². The number of allylic oxidation sites excluding steroid dienone is 1. The molecule has 0 spiro atoms. The van der Waals surface area contributed by atoms with Gasteiger partial charge in [0, 0.05) is 1.43 Å². The summed E-state index contributed by atoms with van der Waals surface area (Å²) in [6.45, 7) is 6.59.